The van der Waals surface area contributed by atoms with Crippen LogP contribution in [0.4, 0.5) is 0 Å². The lowest BCUT2D eigenvalue weighted by Gasteiger charge is -2.09. The number of hydrogen-bond acceptors (Lipinski definition) is 8. The van der Waals surface area contributed by atoms with Gasteiger partial charge >= 0.3 is 0 Å². The van der Waals surface area contributed by atoms with E-state index in [1.807, 2.05) is 42.5 Å². The minimum atomic E-state index is 0.209. The number of nitrogens with two attached hydrogens (primary N) is 1. The molecule has 2 N–H and O–H groups in total. The van der Waals surface area contributed by atoms with Crippen molar-refractivity contribution >= 4 is 11.8 Å². The Balaban J connectivity index is 1.42. The predicted octanol–water partition coefficient (Wildman–Crippen LogP) is 3.54. The van der Waals surface area contributed by atoms with Crippen LogP contribution in [0.15, 0.2) is 53.7 Å². The molecule has 1 heterocycles. The molecule has 0 amide bonds. The number of nitrogen functional groups attached to an aromatic ring is 1. The summed E-state index contributed by atoms with van der Waals surface area (Å²) >= 11 is 1.47. The molecular formula is C21H26N4O4S. The summed E-state index contributed by atoms with van der Waals surface area (Å²) < 4.78 is 23.6. The van der Waals surface area contributed by atoms with E-state index in [0.717, 1.165) is 23.7 Å². The van der Waals surface area contributed by atoms with Crippen molar-refractivity contribution < 1.29 is 18.9 Å². The fourth-order valence-electron chi connectivity index (χ4n) is 2.49. The summed E-state index contributed by atoms with van der Waals surface area (Å²) in [4.78, 5) is 0. The second-order valence-corrected chi connectivity index (χ2v) is 7.32. The van der Waals surface area contributed by atoms with Gasteiger partial charge in [0.2, 0.25) is 5.16 Å². The molecule has 0 aliphatic carbocycles. The zero-order valence-corrected chi connectivity index (χ0v) is 17.9. The lowest BCUT2D eigenvalue weighted by atomic mass is 10.3. The second-order valence-electron chi connectivity index (χ2n) is 6.25. The van der Waals surface area contributed by atoms with Crippen molar-refractivity contribution in [2.24, 2.45) is 0 Å². The first-order valence-corrected chi connectivity index (χ1v) is 10.6. The number of hydrogen-bond donors (Lipinski definition) is 1. The Bertz CT molecular complexity index is 918. The van der Waals surface area contributed by atoms with E-state index in [0.29, 0.717) is 35.7 Å². The largest absolute Gasteiger partial charge is 0.497 e. The minimum Gasteiger partial charge on any atom is -0.497 e. The average molecular weight is 431 g/mol. The normalized spacial score (nSPS) is 10.6. The van der Waals surface area contributed by atoms with E-state index in [1.165, 1.54) is 16.4 Å². The van der Waals surface area contributed by atoms with Crippen LogP contribution in [0.1, 0.15) is 19.2 Å². The lowest BCUT2D eigenvalue weighted by molar-refractivity contribution is 0.289. The first kappa shape index (κ1) is 21.6. The van der Waals surface area contributed by atoms with Crippen molar-refractivity contribution in [3.8, 4) is 23.0 Å². The molecule has 0 unspecified atom stereocenters. The quantitative estimate of drug-likeness (QED) is 0.265. The highest BCUT2D eigenvalue weighted by atomic mass is 32.2. The summed E-state index contributed by atoms with van der Waals surface area (Å²) in [5.41, 5.74) is 0. The molecular weight excluding hydrogens is 404 g/mol. The highest BCUT2D eigenvalue weighted by Crippen LogP contribution is 2.21. The Morgan fingerprint density at radius 3 is 2.30 bits per heavy atom. The fraction of sp³-hybridized carbons (Fsp3) is 0.333. The summed E-state index contributed by atoms with van der Waals surface area (Å²) in [6.45, 7) is 3.51. The molecule has 1 aromatic heterocycles. The highest BCUT2D eigenvalue weighted by molar-refractivity contribution is 7.99. The zero-order valence-electron chi connectivity index (χ0n) is 17.1. The maximum Gasteiger partial charge on any atom is 0.210 e. The Labute approximate surface area is 180 Å². The third kappa shape index (κ3) is 6.21. The van der Waals surface area contributed by atoms with Crippen molar-refractivity contribution in [3.63, 3.8) is 0 Å². The average Bonchev–Trinajstić information content (AvgIpc) is 3.14. The van der Waals surface area contributed by atoms with Gasteiger partial charge in [-0.3, -0.25) is 0 Å². The van der Waals surface area contributed by atoms with Gasteiger partial charge in [0.05, 0.1) is 20.3 Å². The summed E-state index contributed by atoms with van der Waals surface area (Å²) in [6.07, 6.45) is 0.982. The van der Waals surface area contributed by atoms with Crippen molar-refractivity contribution in [1.82, 2.24) is 14.9 Å². The van der Waals surface area contributed by atoms with Gasteiger partial charge < -0.3 is 24.8 Å². The third-order valence-electron chi connectivity index (χ3n) is 4.02. The van der Waals surface area contributed by atoms with Crippen molar-refractivity contribution in [3.05, 3.63) is 54.4 Å². The number of methoxy groups -OCH3 is 1. The molecule has 3 aromatic rings. The van der Waals surface area contributed by atoms with Gasteiger partial charge in [0.15, 0.2) is 5.82 Å². The van der Waals surface area contributed by atoms with Crippen LogP contribution in [0, 0.1) is 0 Å². The maximum absolute atomic E-state index is 6.08. The van der Waals surface area contributed by atoms with Gasteiger partial charge in [-0.1, -0.05) is 24.8 Å². The first-order valence-electron chi connectivity index (χ1n) is 9.64. The Hall–Kier alpha value is -3.07. The standard InChI is InChI=1S/C21H26N4O4S/c1-3-11-27-16-7-9-17(10-8-16)28-12-13-30-21-24-23-20(25(21)22)15-29-19-6-4-5-18(14-19)26-2/h4-10,14H,3,11-13,15,22H2,1-2H3. The SMILES string of the molecule is CCCOc1ccc(OCCSc2nnc(COc3cccc(OC)c3)n2N)cc1. The van der Waals surface area contributed by atoms with Crippen LogP contribution < -0.4 is 24.8 Å². The molecule has 0 saturated heterocycles. The van der Waals surface area contributed by atoms with Gasteiger partial charge in [-0.05, 0) is 42.8 Å². The Morgan fingerprint density at radius 1 is 0.900 bits per heavy atom. The van der Waals surface area contributed by atoms with E-state index < -0.39 is 0 Å². The van der Waals surface area contributed by atoms with Crippen LogP contribution >= 0.6 is 11.8 Å². The van der Waals surface area contributed by atoms with Gasteiger partial charge in [-0.15, -0.1) is 10.2 Å². The molecule has 0 atom stereocenters. The van der Waals surface area contributed by atoms with Crippen LogP contribution in [0.5, 0.6) is 23.0 Å². The molecule has 0 radical (unpaired) electrons. The van der Waals surface area contributed by atoms with Crippen molar-refractivity contribution in [2.75, 3.05) is 31.9 Å². The Morgan fingerprint density at radius 2 is 1.60 bits per heavy atom. The van der Waals surface area contributed by atoms with E-state index in [1.54, 1.807) is 13.2 Å². The second kappa shape index (κ2) is 11.2. The van der Waals surface area contributed by atoms with Gasteiger partial charge in [-0.25, -0.2) is 4.68 Å². The summed E-state index contributed by atoms with van der Waals surface area (Å²) in [7, 11) is 1.61. The number of benzene rings is 2. The molecule has 9 heteroatoms. The monoisotopic (exact) mass is 430 g/mol. The number of thioether (sulfide) groups is 1. The maximum atomic E-state index is 6.08. The van der Waals surface area contributed by atoms with Gasteiger partial charge in [0.25, 0.3) is 0 Å². The smallest absolute Gasteiger partial charge is 0.210 e. The molecule has 0 bridgehead atoms. The third-order valence-corrected chi connectivity index (χ3v) is 4.93. The number of rotatable bonds is 12. The van der Waals surface area contributed by atoms with Crippen LogP contribution in [-0.4, -0.2) is 40.9 Å². The molecule has 8 nitrogen and oxygen atoms in total. The van der Waals surface area contributed by atoms with E-state index in [2.05, 4.69) is 17.1 Å². The van der Waals surface area contributed by atoms with Crippen molar-refractivity contribution in [2.45, 2.75) is 25.1 Å². The molecule has 0 saturated carbocycles. The molecule has 0 spiro atoms. The summed E-state index contributed by atoms with van der Waals surface area (Å²) in [5, 5.41) is 8.82. The van der Waals surface area contributed by atoms with Crippen LogP contribution in [0.25, 0.3) is 0 Å². The lowest BCUT2D eigenvalue weighted by Crippen LogP contribution is -2.16. The van der Waals surface area contributed by atoms with Crippen LogP contribution in [0.2, 0.25) is 0 Å². The fourth-order valence-corrected chi connectivity index (χ4v) is 3.18. The first-order chi connectivity index (χ1) is 14.7. The van der Waals surface area contributed by atoms with E-state index >= 15 is 0 Å². The molecule has 3 rings (SSSR count). The zero-order chi connectivity index (χ0) is 21.2. The van der Waals surface area contributed by atoms with Crippen LogP contribution in [0.3, 0.4) is 0 Å². The summed E-state index contributed by atoms with van der Waals surface area (Å²) in [5.74, 6) is 10.3. The van der Waals surface area contributed by atoms with Gasteiger partial charge in [-0.2, -0.15) is 0 Å². The van der Waals surface area contributed by atoms with E-state index in [-0.39, 0.29) is 6.61 Å². The van der Waals surface area contributed by atoms with Gasteiger partial charge in [0.1, 0.15) is 29.6 Å². The van der Waals surface area contributed by atoms with Crippen LogP contribution in [-0.2, 0) is 6.61 Å². The molecule has 160 valence electrons. The minimum absolute atomic E-state index is 0.209. The number of ether oxygens (including phenoxy) is 4. The molecule has 2 aromatic carbocycles. The highest BCUT2D eigenvalue weighted by Gasteiger charge is 2.11. The van der Waals surface area contributed by atoms with E-state index in [9.17, 15) is 0 Å². The topological polar surface area (TPSA) is 93.6 Å². The Kier molecular flexibility index (Phi) is 8.08. The molecule has 0 aliphatic heterocycles. The summed E-state index contributed by atoms with van der Waals surface area (Å²) in [6, 6.07) is 15.0. The predicted molar refractivity (Wildman–Crippen MR) is 116 cm³/mol. The van der Waals surface area contributed by atoms with Crippen molar-refractivity contribution in [1.29, 1.82) is 0 Å². The molecule has 0 aliphatic rings. The van der Waals surface area contributed by atoms with E-state index in [4.69, 9.17) is 24.8 Å². The number of nitrogens with zero attached hydrogens (tertiary/aromatic N) is 3. The number of aromatic nitrogens is 3. The molecule has 0 fully saturated rings. The molecule has 30 heavy (non-hydrogen) atoms. The van der Waals surface area contributed by atoms with Gasteiger partial charge in [0, 0.05) is 11.8 Å².